The van der Waals surface area contributed by atoms with E-state index >= 15 is 0 Å². The molecule has 0 bridgehead atoms. The van der Waals surface area contributed by atoms with Gasteiger partial charge in [-0.1, -0.05) is 29.8 Å². The molecule has 0 aliphatic carbocycles. The van der Waals surface area contributed by atoms with Crippen molar-refractivity contribution in [3.63, 3.8) is 0 Å². The number of urea groups is 1. The van der Waals surface area contributed by atoms with Crippen LogP contribution in [0.15, 0.2) is 53.7 Å². The first-order chi connectivity index (χ1) is 15.2. The van der Waals surface area contributed by atoms with Crippen LogP contribution in [0.5, 0.6) is 0 Å². The van der Waals surface area contributed by atoms with Crippen molar-refractivity contribution in [1.82, 2.24) is 10.2 Å². The minimum Gasteiger partial charge on any atom is -0.463 e. The van der Waals surface area contributed by atoms with E-state index in [1.54, 1.807) is 43.1 Å². The largest absolute Gasteiger partial charge is 0.463 e. The number of nitrogens with zero attached hydrogens (tertiary/aromatic N) is 1. The normalized spacial score (nSPS) is 15.8. The van der Waals surface area contributed by atoms with E-state index in [-0.39, 0.29) is 12.6 Å². The molecule has 32 heavy (non-hydrogen) atoms. The van der Waals surface area contributed by atoms with E-state index in [1.807, 2.05) is 32.0 Å². The summed E-state index contributed by atoms with van der Waals surface area (Å²) in [5.74, 6) is -0.393. The molecule has 9 heteroatoms. The van der Waals surface area contributed by atoms with E-state index < -0.39 is 12.0 Å². The van der Waals surface area contributed by atoms with Gasteiger partial charge in [-0.15, -0.1) is 0 Å². The first-order valence-electron chi connectivity index (χ1n) is 10.1. The van der Waals surface area contributed by atoms with Crippen molar-refractivity contribution >= 4 is 52.3 Å². The lowest BCUT2D eigenvalue weighted by atomic mass is 9.95. The van der Waals surface area contributed by atoms with Gasteiger partial charge >= 0.3 is 12.0 Å². The second-order valence-electron chi connectivity index (χ2n) is 7.33. The van der Waals surface area contributed by atoms with Crippen LogP contribution < -0.4 is 16.0 Å². The van der Waals surface area contributed by atoms with E-state index in [4.69, 9.17) is 28.6 Å². The maximum Gasteiger partial charge on any atom is 0.338 e. The summed E-state index contributed by atoms with van der Waals surface area (Å²) in [5, 5.41) is 9.82. The van der Waals surface area contributed by atoms with Crippen LogP contribution in [0.3, 0.4) is 0 Å². The van der Waals surface area contributed by atoms with Gasteiger partial charge < -0.3 is 25.6 Å². The third-order valence-corrected chi connectivity index (χ3v) is 5.98. The quantitative estimate of drug-likeness (QED) is 0.420. The third kappa shape index (κ3) is 5.20. The molecular weight excluding hydrogens is 448 g/mol. The minimum absolute atomic E-state index is 0.278. The van der Waals surface area contributed by atoms with Gasteiger partial charge in [0.25, 0.3) is 0 Å². The fraction of sp³-hybridized carbons (Fsp3) is 0.261. The number of aryl methyl sites for hydroxylation is 1. The number of nitrogens with one attached hydrogen (secondary N) is 3. The van der Waals surface area contributed by atoms with Crippen LogP contribution in [-0.2, 0) is 9.53 Å². The molecule has 0 fully saturated rings. The average Bonchev–Trinajstić information content (AvgIpc) is 2.75. The first-order valence-corrected chi connectivity index (χ1v) is 10.9. The fourth-order valence-corrected chi connectivity index (χ4v) is 3.72. The van der Waals surface area contributed by atoms with E-state index in [9.17, 15) is 9.59 Å². The standard InChI is InChI=1S/C23H25ClN4O3S/c1-5-31-21(29)19-14(3)28(4)23(32)27-20(19)15-7-10-16(11-8-15)25-22(30)26-17-9-6-13(2)18(24)12-17/h6-12,20H,5H2,1-4H3,(H,27,32)(H2,25,26,30). The molecule has 2 amide bonds. The van der Waals surface area contributed by atoms with E-state index in [1.165, 1.54) is 0 Å². The second-order valence-corrected chi connectivity index (χ2v) is 8.12. The Hall–Kier alpha value is -3.10. The summed E-state index contributed by atoms with van der Waals surface area (Å²) in [6, 6.07) is 11.7. The van der Waals surface area contributed by atoms with E-state index in [2.05, 4.69) is 16.0 Å². The lowest BCUT2D eigenvalue weighted by molar-refractivity contribution is -0.139. The van der Waals surface area contributed by atoms with Gasteiger partial charge in [-0.2, -0.15) is 0 Å². The van der Waals surface area contributed by atoms with Crippen molar-refractivity contribution in [3.05, 3.63) is 69.9 Å². The van der Waals surface area contributed by atoms with Gasteiger partial charge in [0, 0.05) is 29.1 Å². The molecule has 0 radical (unpaired) electrons. The molecule has 1 unspecified atom stereocenters. The molecule has 1 aliphatic rings. The van der Waals surface area contributed by atoms with Crippen LogP contribution in [0.4, 0.5) is 16.2 Å². The van der Waals surface area contributed by atoms with E-state index in [0.29, 0.717) is 27.1 Å². The Bertz CT molecular complexity index is 1090. The molecule has 1 heterocycles. The Morgan fingerprint density at radius 3 is 2.38 bits per heavy atom. The lowest BCUT2D eigenvalue weighted by Gasteiger charge is -2.35. The molecule has 168 valence electrons. The smallest absolute Gasteiger partial charge is 0.338 e. The number of carbonyl (C=O) groups excluding carboxylic acids is 2. The van der Waals surface area contributed by atoms with Crippen molar-refractivity contribution in [1.29, 1.82) is 0 Å². The van der Waals surface area contributed by atoms with Crippen LogP contribution in [0.2, 0.25) is 5.02 Å². The number of hydrogen-bond donors (Lipinski definition) is 3. The Labute approximate surface area is 197 Å². The SMILES string of the molecule is CCOC(=O)C1=C(C)N(C)C(=S)NC1c1ccc(NC(=O)Nc2ccc(C)c(Cl)c2)cc1. The highest BCUT2D eigenvalue weighted by molar-refractivity contribution is 7.80. The van der Waals surface area contributed by atoms with Crippen LogP contribution >= 0.6 is 23.8 Å². The van der Waals surface area contributed by atoms with Crippen LogP contribution in [-0.4, -0.2) is 35.7 Å². The topological polar surface area (TPSA) is 82.7 Å². The summed E-state index contributed by atoms with van der Waals surface area (Å²) in [5.41, 5.74) is 4.17. The average molecular weight is 473 g/mol. The van der Waals surface area contributed by atoms with Gasteiger partial charge in [-0.05, 0) is 68.4 Å². The molecule has 0 spiro atoms. The predicted molar refractivity (Wildman–Crippen MR) is 131 cm³/mol. The molecule has 2 aromatic rings. The van der Waals surface area contributed by atoms with Crippen LogP contribution in [0, 0.1) is 6.92 Å². The zero-order chi connectivity index (χ0) is 23.4. The molecular formula is C23H25ClN4O3S. The van der Waals surface area contributed by atoms with Gasteiger partial charge in [0.05, 0.1) is 18.2 Å². The molecule has 2 aromatic carbocycles. The van der Waals surface area contributed by atoms with Crippen molar-refractivity contribution in [2.45, 2.75) is 26.8 Å². The Kier molecular flexibility index (Phi) is 7.37. The summed E-state index contributed by atoms with van der Waals surface area (Å²) < 4.78 is 5.25. The number of benzene rings is 2. The van der Waals surface area contributed by atoms with Crippen molar-refractivity contribution in [2.75, 3.05) is 24.3 Å². The number of esters is 1. The number of amides is 2. The minimum atomic E-state index is -0.449. The van der Waals surface area contributed by atoms with Gasteiger partial charge in [0.15, 0.2) is 5.11 Å². The van der Waals surface area contributed by atoms with Gasteiger partial charge in [0.1, 0.15) is 0 Å². The van der Waals surface area contributed by atoms with Gasteiger partial charge in [-0.3, -0.25) is 0 Å². The number of allylic oxidation sites excluding steroid dienone is 1. The van der Waals surface area contributed by atoms with Gasteiger partial charge in [-0.25, -0.2) is 9.59 Å². The second kappa shape index (κ2) is 10.0. The van der Waals surface area contributed by atoms with Gasteiger partial charge in [0.2, 0.25) is 0 Å². The third-order valence-electron chi connectivity index (χ3n) is 5.18. The first kappa shape index (κ1) is 23.6. The summed E-state index contributed by atoms with van der Waals surface area (Å²) in [6.45, 7) is 5.78. The van der Waals surface area contributed by atoms with Crippen molar-refractivity contribution < 1.29 is 14.3 Å². The molecule has 1 atom stereocenters. The number of thiocarbonyl (C=S) groups is 1. The molecule has 7 nitrogen and oxygen atoms in total. The monoisotopic (exact) mass is 472 g/mol. The Morgan fingerprint density at radius 1 is 1.12 bits per heavy atom. The molecule has 1 aliphatic heterocycles. The summed E-state index contributed by atoms with van der Waals surface area (Å²) >= 11 is 11.5. The Morgan fingerprint density at radius 2 is 1.75 bits per heavy atom. The number of ether oxygens (including phenoxy) is 1. The molecule has 0 aromatic heterocycles. The highest BCUT2D eigenvalue weighted by Gasteiger charge is 2.33. The maximum atomic E-state index is 12.6. The number of halogens is 1. The zero-order valence-corrected chi connectivity index (χ0v) is 19.9. The van der Waals surface area contributed by atoms with E-state index in [0.717, 1.165) is 16.8 Å². The van der Waals surface area contributed by atoms with Crippen LogP contribution in [0.1, 0.15) is 31.0 Å². The van der Waals surface area contributed by atoms with Crippen molar-refractivity contribution in [3.8, 4) is 0 Å². The fourth-order valence-electron chi connectivity index (χ4n) is 3.28. The highest BCUT2D eigenvalue weighted by Crippen LogP contribution is 2.31. The van der Waals surface area contributed by atoms with Crippen LogP contribution in [0.25, 0.3) is 0 Å². The number of hydrogen-bond acceptors (Lipinski definition) is 4. The lowest BCUT2D eigenvalue weighted by Crippen LogP contribution is -2.46. The number of anilines is 2. The zero-order valence-electron chi connectivity index (χ0n) is 18.3. The summed E-state index contributed by atoms with van der Waals surface area (Å²) in [6.07, 6.45) is 0. The number of rotatable bonds is 5. The predicted octanol–water partition coefficient (Wildman–Crippen LogP) is 4.99. The molecule has 0 saturated carbocycles. The summed E-state index contributed by atoms with van der Waals surface area (Å²) in [7, 11) is 1.80. The summed E-state index contributed by atoms with van der Waals surface area (Å²) in [4.78, 5) is 26.7. The highest BCUT2D eigenvalue weighted by atomic mass is 35.5. The van der Waals surface area contributed by atoms with Crippen molar-refractivity contribution in [2.24, 2.45) is 0 Å². The molecule has 3 N–H and O–H groups in total. The number of carbonyl (C=O) groups is 2. The Balaban J connectivity index is 1.76. The molecule has 0 saturated heterocycles. The molecule has 3 rings (SSSR count). The maximum absolute atomic E-state index is 12.6.